The van der Waals surface area contributed by atoms with Gasteiger partial charge in [-0.1, -0.05) is 18.2 Å². The van der Waals surface area contributed by atoms with Crippen LogP contribution in [-0.4, -0.2) is 42.8 Å². The van der Waals surface area contributed by atoms with Crippen LogP contribution in [0.2, 0.25) is 0 Å². The minimum Gasteiger partial charge on any atom is -0.469 e. The molecule has 0 bridgehead atoms. The second kappa shape index (κ2) is 9.75. The molecule has 0 aliphatic carbocycles. The number of aryl methyl sites for hydroxylation is 1. The number of benzene rings is 1. The van der Waals surface area contributed by atoms with Gasteiger partial charge in [-0.3, -0.25) is 14.4 Å². The highest BCUT2D eigenvalue weighted by Crippen LogP contribution is 2.30. The molecule has 0 unspecified atom stereocenters. The van der Waals surface area contributed by atoms with Crippen molar-refractivity contribution < 1.29 is 28.6 Å². The molecule has 0 atom stereocenters. The SMILES string of the molecule is CCOC(=O)C(C(=O)OCC)c1cn(CCCC(=O)OC)c2ccccc12. The van der Waals surface area contributed by atoms with Crippen LogP contribution in [0.3, 0.4) is 0 Å². The molecular weight excluding hydrogens is 350 g/mol. The molecule has 1 aromatic carbocycles. The van der Waals surface area contributed by atoms with Gasteiger partial charge in [0.15, 0.2) is 5.92 Å². The monoisotopic (exact) mass is 375 g/mol. The lowest BCUT2D eigenvalue weighted by Crippen LogP contribution is -2.26. The third-order valence-corrected chi connectivity index (χ3v) is 4.18. The van der Waals surface area contributed by atoms with Crippen LogP contribution in [0.4, 0.5) is 0 Å². The first-order valence-corrected chi connectivity index (χ1v) is 9.01. The molecule has 2 rings (SSSR count). The Labute approximate surface area is 158 Å². The van der Waals surface area contributed by atoms with Crippen molar-refractivity contribution in [2.45, 2.75) is 39.2 Å². The highest BCUT2D eigenvalue weighted by atomic mass is 16.6. The van der Waals surface area contributed by atoms with E-state index in [4.69, 9.17) is 9.47 Å². The summed E-state index contributed by atoms with van der Waals surface area (Å²) in [4.78, 5) is 36.3. The summed E-state index contributed by atoms with van der Waals surface area (Å²) in [5.74, 6) is -2.68. The molecule has 0 aliphatic heterocycles. The van der Waals surface area contributed by atoms with Crippen LogP contribution in [0.1, 0.15) is 38.2 Å². The maximum absolute atomic E-state index is 12.5. The summed E-state index contributed by atoms with van der Waals surface area (Å²) in [6.07, 6.45) is 2.63. The zero-order chi connectivity index (χ0) is 19.8. The van der Waals surface area contributed by atoms with Crippen LogP contribution in [0.5, 0.6) is 0 Å². The highest BCUT2D eigenvalue weighted by molar-refractivity contribution is 6.04. The average molecular weight is 375 g/mol. The highest BCUT2D eigenvalue weighted by Gasteiger charge is 2.34. The van der Waals surface area contributed by atoms with Gasteiger partial charge in [-0.15, -0.1) is 0 Å². The molecule has 7 nitrogen and oxygen atoms in total. The van der Waals surface area contributed by atoms with E-state index >= 15 is 0 Å². The van der Waals surface area contributed by atoms with Crippen molar-refractivity contribution in [3.8, 4) is 0 Å². The lowest BCUT2D eigenvalue weighted by molar-refractivity contribution is -0.157. The molecule has 1 aromatic heterocycles. The number of esters is 3. The summed E-state index contributed by atoms with van der Waals surface area (Å²) < 4.78 is 16.8. The molecular formula is C20H25NO6. The second-order valence-electron chi connectivity index (χ2n) is 5.91. The van der Waals surface area contributed by atoms with Gasteiger partial charge < -0.3 is 18.8 Å². The van der Waals surface area contributed by atoms with Crippen molar-refractivity contribution in [2.24, 2.45) is 0 Å². The Bertz CT molecular complexity index is 792. The van der Waals surface area contributed by atoms with E-state index in [0.29, 0.717) is 18.5 Å². The number of hydrogen-bond donors (Lipinski definition) is 0. The van der Waals surface area contributed by atoms with Crippen LogP contribution in [-0.2, 0) is 35.1 Å². The van der Waals surface area contributed by atoms with Gasteiger partial charge in [0.2, 0.25) is 0 Å². The van der Waals surface area contributed by atoms with E-state index in [1.54, 1.807) is 20.0 Å². The number of hydrogen-bond acceptors (Lipinski definition) is 6. The number of rotatable bonds is 9. The molecule has 2 aromatic rings. The number of carbonyl (C=O) groups excluding carboxylic acids is 3. The van der Waals surface area contributed by atoms with Crippen LogP contribution in [0, 0.1) is 0 Å². The van der Waals surface area contributed by atoms with Crippen LogP contribution < -0.4 is 0 Å². The topological polar surface area (TPSA) is 83.8 Å². The van der Waals surface area contributed by atoms with E-state index in [0.717, 1.165) is 10.9 Å². The van der Waals surface area contributed by atoms with Gasteiger partial charge in [0, 0.05) is 35.6 Å². The van der Waals surface area contributed by atoms with Gasteiger partial charge >= 0.3 is 17.9 Å². The quantitative estimate of drug-likeness (QED) is 0.381. The number of ether oxygens (including phenoxy) is 3. The summed E-state index contributed by atoms with van der Waals surface area (Å²) in [7, 11) is 1.36. The van der Waals surface area contributed by atoms with Gasteiger partial charge in [-0.25, -0.2) is 0 Å². The maximum atomic E-state index is 12.5. The Morgan fingerprint density at radius 3 is 2.26 bits per heavy atom. The zero-order valence-corrected chi connectivity index (χ0v) is 15.9. The molecule has 0 amide bonds. The summed E-state index contributed by atoms with van der Waals surface area (Å²) in [6, 6.07) is 7.49. The number of fused-ring (bicyclic) bond motifs is 1. The van der Waals surface area contributed by atoms with Crippen molar-refractivity contribution in [3.63, 3.8) is 0 Å². The zero-order valence-electron chi connectivity index (χ0n) is 15.9. The molecule has 7 heteroatoms. The van der Waals surface area contributed by atoms with Gasteiger partial charge in [-0.05, 0) is 26.3 Å². The summed E-state index contributed by atoms with van der Waals surface area (Å²) in [5.41, 5.74) is 1.41. The van der Waals surface area contributed by atoms with Crippen molar-refractivity contribution in [3.05, 3.63) is 36.0 Å². The number of nitrogens with zero attached hydrogens (tertiary/aromatic N) is 1. The molecule has 1 heterocycles. The third kappa shape index (κ3) is 4.87. The van der Waals surface area contributed by atoms with Gasteiger partial charge in [0.05, 0.1) is 20.3 Å². The fourth-order valence-corrected chi connectivity index (χ4v) is 2.99. The van der Waals surface area contributed by atoms with Crippen molar-refractivity contribution in [2.75, 3.05) is 20.3 Å². The first-order valence-electron chi connectivity index (χ1n) is 9.01. The number of methoxy groups -OCH3 is 1. The number of carbonyl (C=O) groups is 3. The fraction of sp³-hybridized carbons (Fsp3) is 0.450. The summed E-state index contributed by atoms with van der Waals surface area (Å²) >= 11 is 0. The first kappa shape index (κ1) is 20.5. The lowest BCUT2D eigenvalue weighted by atomic mass is 9.98. The third-order valence-electron chi connectivity index (χ3n) is 4.18. The minimum absolute atomic E-state index is 0.173. The standard InChI is InChI=1S/C20H25NO6/c1-4-26-19(23)18(20(24)27-5-2)15-13-21(12-8-11-17(22)25-3)16-10-7-6-9-14(15)16/h6-7,9-10,13,18H,4-5,8,11-12H2,1-3H3. The Kier molecular flexibility index (Phi) is 7.40. The minimum atomic E-state index is -1.14. The van der Waals surface area contributed by atoms with E-state index in [1.165, 1.54) is 7.11 Å². The van der Waals surface area contributed by atoms with Crippen LogP contribution in [0.25, 0.3) is 10.9 Å². The van der Waals surface area contributed by atoms with Gasteiger partial charge in [0.1, 0.15) is 0 Å². The molecule has 146 valence electrons. The molecule has 27 heavy (non-hydrogen) atoms. The Morgan fingerprint density at radius 2 is 1.67 bits per heavy atom. The largest absolute Gasteiger partial charge is 0.469 e. The van der Waals surface area contributed by atoms with E-state index < -0.39 is 17.9 Å². The van der Waals surface area contributed by atoms with Gasteiger partial charge in [-0.2, -0.15) is 0 Å². The van der Waals surface area contributed by atoms with Crippen molar-refractivity contribution >= 4 is 28.8 Å². The van der Waals surface area contributed by atoms with Crippen molar-refractivity contribution in [1.29, 1.82) is 0 Å². The van der Waals surface area contributed by atoms with E-state index in [9.17, 15) is 14.4 Å². The fourth-order valence-electron chi connectivity index (χ4n) is 2.99. The maximum Gasteiger partial charge on any atom is 0.324 e. The lowest BCUT2D eigenvalue weighted by Gasteiger charge is -2.13. The van der Waals surface area contributed by atoms with Crippen LogP contribution >= 0.6 is 0 Å². The molecule has 0 fully saturated rings. The van der Waals surface area contributed by atoms with Gasteiger partial charge in [0.25, 0.3) is 0 Å². The van der Waals surface area contributed by atoms with E-state index in [2.05, 4.69) is 4.74 Å². The molecule has 0 N–H and O–H groups in total. The van der Waals surface area contributed by atoms with E-state index in [-0.39, 0.29) is 25.6 Å². The molecule has 0 aliphatic rings. The Morgan fingerprint density at radius 1 is 1.04 bits per heavy atom. The number of para-hydroxylation sites is 1. The Hall–Kier alpha value is -2.83. The van der Waals surface area contributed by atoms with E-state index in [1.807, 2.05) is 28.8 Å². The molecule has 0 spiro atoms. The first-order chi connectivity index (χ1) is 13.0. The predicted molar refractivity (Wildman–Crippen MR) is 99.2 cm³/mol. The summed E-state index contributed by atoms with van der Waals surface area (Å²) in [6.45, 7) is 4.28. The summed E-state index contributed by atoms with van der Waals surface area (Å²) in [5, 5.41) is 0.779. The predicted octanol–water partition coefficient (Wildman–Crippen LogP) is 2.80. The molecule has 0 radical (unpaired) electrons. The normalized spacial score (nSPS) is 10.8. The average Bonchev–Trinajstić information content (AvgIpc) is 3.01. The van der Waals surface area contributed by atoms with Crippen LogP contribution in [0.15, 0.2) is 30.5 Å². The van der Waals surface area contributed by atoms with Crippen molar-refractivity contribution in [1.82, 2.24) is 4.57 Å². The molecule has 0 saturated carbocycles. The number of aromatic nitrogens is 1. The Balaban J connectivity index is 2.41. The smallest absolute Gasteiger partial charge is 0.324 e. The molecule has 0 saturated heterocycles. The second-order valence-corrected chi connectivity index (χ2v) is 5.91.